The summed E-state index contributed by atoms with van der Waals surface area (Å²) in [6.45, 7) is 4.45. The molecule has 2 heterocycles. The maximum absolute atomic E-state index is 12.7. The molecule has 1 aromatic carbocycles. The zero-order valence-electron chi connectivity index (χ0n) is 14.4. The highest BCUT2D eigenvalue weighted by Crippen LogP contribution is 2.31. The molecule has 0 saturated carbocycles. The lowest BCUT2D eigenvalue weighted by Gasteiger charge is -2.34. The Morgan fingerprint density at radius 2 is 1.76 bits per heavy atom. The number of ether oxygens (including phenoxy) is 2. The first kappa shape index (κ1) is 18.0. The number of nitrogens with zero attached hydrogens (tertiary/aromatic N) is 2. The molecule has 2 aliphatic rings. The van der Waals surface area contributed by atoms with Crippen molar-refractivity contribution in [2.24, 2.45) is 0 Å². The van der Waals surface area contributed by atoms with Gasteiger partial charge in [-0.15, -0.1) is 0 Å². The third-order valence-electron chi connectivity index (χ3n) is 4.46. The summed E-state index contributed by atoms with van der Waals surface area (Å²) in [6, 6.07) is 5.16. The maximum Gasteiger partial charge on any atom is 0.254 e. The van der Waals surface area contributed by atoms with Crippen molar-refractivity contribution >= 4 is 15.9 Å². The van der Waals surface area contributed by atoms with Crippen molar-refractivity contribution in [3.63, 3.8) is 0 Å². The van der Waals surface area contributed by atoms with Crippen LogP contribution in [-0.4, -0.2) is 68.7 Å². The first-order chi connectivity index (χ1) is 12.0. The van der Waals surface area contributed by atoms with E-state index in [1.807, 2.05) is 6.92 Å². The predicted molar refractivity (Wildman–Crippen MR) is 93.6 cm³/mol. The molecule has 1 fully saturated rings. The first-order valence-corrected chi connectivity index (χ1v) is 10.3. The molecule has 0 aliphatic carbocycles. The second-order valence-electron chi connectivity index (χ2n) is 6.22. The minimum atomic E-state index is -3.21. The van der Waals surface area contributed by atoms with Gasteiger partial charge in [0.05, 0.1) is 5.75 Å². The van der Waals surface area contributed by atoms with Crippen LogP contribution >= 0.6 is 0 Å². The summed E-state index contributed by atoms with van der Waals surface area (Å²) < 4.78 is 37.0. The van der Waals surface area contributed by atoms with E-state index in [2.05, 4.69) is 0 Å². The Balaban J connectivity index is 1.62. The fraction of sp³-hybridized carbons (Fsp3) is 0.588. The summed E-state index contributed by atoms with van der Waals surface area (Å²) in [5.41, 5.74) is 0.534. The lowest BCUT2D eigenvalue weighted by Crippen LogP contribution is -2.51. The van der Waals surface area contributed by atoms with Crippen molar-refractivity contribution in [3.8, 4) is 11.5 Å². The molecule has 25 heavy (non-hydrogen) atoms. The van der Waals surface area contributed by atoms with Crippen LogP contribution in [0.1, 0.15) is 30.1 Å². The molecule has 0 radical (unpaired) electrons. The van der Waals surface area contributed by atoms with E-state index >= 15 is 0 Å². The summed E-state index contributed by atoms with van der Waals surface area (Å²) in [5.74, 6) is 1.30. The molecule has 2 aliphatic heterocycles. The minimum absolute atomic E-state index is 0.109. The number of rotatable bonds is 5. The number of benzene rings is 1. The molecule has 1 amide bonds. The monoisotopic (exact) mass is 368 g/mol. The zero-order chi connectivity index (χ0) is 17.9. The molecule has 1 aromatic rings. The third kappa shape index (κ3) is 4.07. The number of fused-ring (bicyclic) bond motifs is 1. The van der Waals surface area contributed by atoms with Gasteiger partial charge >= 0.3 is 0 Å². The van der Waals surface area contributed by atoms with Crippen LogP contribution in [0.25, 0.3) is 0 Å². The number of amides is 1. The number of unbranched alkanes of at least 4 members (excludes halogenated alkanes) is 1. The molecule has 0 N–H and O–H groups in total. The Morgan fingerprint density at radius 3 is 2.44 bits per heavy atom. The van der Waals surface area contributed by atoms with E-state index < -0.39 is 10.0 Å². The third-order valence-corrected chi connectivity index (χ3v) is 6.42. The lowest BCUT2D eigenvalue weighted by molar-refractivity contribution is 0.0697. The molecule has 138 valence electrons. The molecule has 0 atom stereocenters. The standard InChI is InChI=1S/C17H24N2O5S/c1-2-3-12-25(21,22)19-8-6-18(7-9-19)17(20)14-4-5-15-16(13-14)24-11-10-23-15/h4-5,13H,2-3,6-12H2,1H3. The van der Waals surface area contributed by atoms with E-state index in [4.69, 9.17) is 9.47 Å². The number of carbonyl (C=O) groups is 1. The van der Waals surface area contributed by atoms with Crippen LogP contribution in [0.3, 0.4) is 0 Å². The summed E-state index contributed by atoms with van der Waals surface area (Å²) in [5, 5.41) is 0. The van der Waals surface area contributed by atoms with Crippen LogP contribution in [-0.2, 0) is 10.0 Å². The smallest absolute Gasteiger partial charge is 0.254 e. The van der Waals surface area contributed by atoms with E-state index in [0.717, 1.165) is 6.42 Å². The molecule has 0 bridgehead atoms. The SMILES string of the molecule is CCCCS(=O)(=O)N1CCN(C(=O)c2ccc3c(c2)OCCO3)CC1. The van der Waals surface area contributed by atoms with Crippen LogP contribution in [0.5, 0.6) is 11.5 Å². The van der Waals surface area contributed by atoms with Crippen molar-refractivity contribution in [2.45, 2.75) is 19.8 Å². The van der Waals surface area contributed by atoms with E-state index in [1.54, 1.807) is 23.1 Å². The van der Waals surface area contributed by atoms with Gasteiger partial charge in [0.2, 0.25) is 10.0 Å². The van der Waals surface area contributed by atoms with Crippen molar-refractivity contribution in [2.75, 3.05) is 45.1 Å². The van der Waals surface area contributed by atoms with Gasteiger partial charge < -0.3 is 14.4 Å². The Labute approximate surface area is 148 Å². The summed E-state index contributed by atoms with van der Waals surface area (Å²) in [7, 11) is -3.21. The molecule has 1 saturated heterocycles. The van der Waals surface area contributed by atoms with E-state index in [-0.39, 0.29) is 11.7 Å². The molecular weight excluding hydrogens is 344 g/mol. The van der Waals surface area contributed by atoms with Gasteiger partial charge in [-0.2, -0.15) is 4.31 Å². The fourth-order valence-electron chi connectivity index (χ4n) is 2.98. The summed E-state index contributed by atoms with van der Waals surface area (Å²) in [6.07, 6.45) is 1.51. The number of sulfonamides is 1. The van der Waals surface area contributed by atoms with Crippen molar-refractivity contribution in [1.82, 2.24) is 9.21 Å². The highest BCUT2D eigenvalue weighted by Gasteiger charge is 2.29. The Morgan fingerprint density at radius 1 is 1.08 bits per heavy atom. The van der Waals surface area contributed by atoms with Gasteiger partial charge in [0.1, 0.15) is 13.2 Å². The Kier molecular flexibility index (Phi) is 5.48. The molecule has 0 aromatic heterocycles. The molecule has 0 spiro atoms. The van der Waals surface area contributed by atoms with Crippen LogP contribution < -0.4 is 9.47 Å². The second kappa shape index (κ2) is 7.61. The van der Waals surface area contributed by atoms with Gasteiger partial charge in [0.15, 0.2) is 11.5 Å². The topological polar surface area (TPSA) is 76.2 Å². The largest absolute Gasteiger partial charge is 0.486 e. The van der Waals surface area contributed by atoms with E-state index in [0.29, 0.717) is 62.9 Å². The van der Waals surface area contributed by atoms with Gasteiger partial charge in [-0.05, 0) is 24.6 Å². The summed E-state index contributed by atoms with van der Waals surface area (Å²) in [4.78, 5) is 14.4. The average Bonchev–Trinajstić information content (AvgIpc) is 2.65. The maximum atomic E-state index is 12.7. The van der Waals surface area contributed by atoms with Gasteiger partial charge in [-0.3, -0.25) is 4.79 Å². The highest BCUT2D eigenvalue weighted by atomic mass is 32.2. The normalized spacial score (nSPS) is 18.2. The van der Waals surface area contributed by atoms with Gasteiger partial charge in [0, 0.05) is 31.7 Å². The number of hydrogen-bond donors (Lipinski definition) is 0. The molecular formula is C17H24N2O5S. The van der Waals surface area contributed by atoms with Crippen LogP contribution in [0.2, 0.25) is 0 Å². The Bertz CT molecular complexity index is 727. The van der Waals surface area contributed by atoms with Crippen molar-refractivity contribution < 1.29 is 22.7 Å². The Hall–Kier alpha value is -1.80. The second-order valence-corrected chi connectivity index (χ2v) is 8.31. The molecule has 7 nitrogen and oxygen atoms in total. The molecule has 3 rings (SSSR count). The van der Waals surface area contributed by atoms with Gasteiger partial charge in [-0.25, -0.2) is 8.42 Å². The van der Waals surface area contributed by atoms with E-state index in [9.17, 15) is 13.2 Å². The van der Waals surface area contributed by atoms with E-state index in [1.165, 1.54) is 4.31 Å². The quantitative estimate of drug-likeness (QED) is 0.784. The van der Waals surface area contributed by atoms with Gasteiger partial charge in [0.25, 0.3) is 5.91 Å². The number of piperazine rings is 1. The van der Waals surface area contributed by atoms with Crippen LogP contribution in [0.4, 0.5) is 0 Å². The number of carbonyl (C=O) groups excluding carboxylic acids is 1. The van der Waals surface area contributed by atoms with Gasteiger partial charge in [-0.1, -0.05) is 13.3 Å². The molecule has 0 unspecified atom stereocenters. The highest BCUT2D eigenvalue weighted by molar-refractivity contribution is 7.89. The predicted octanol–water partition coefficient (Wildman–Crippen LogP) is 1.35. The van der Waals surface area contributed by atoms with Crippen molar-refractivity contribution in [1.29, 1.82) is 0 Å². The fourth-order valence-corrected chi connectivity index (χ4v) is 4.62. The minimum Gasteiger partial charge on any atom is -0.486 e. The van der Waals surface area contributed by atoms with Crippen LogP contribution in [0.15, 0.2) is 18.2 Å². The zero-order valence-corrected chi connectivity index (χ0v) is 15.3. The number of hydrogen-bond acceptors (Lipinski definition) is 5. The van der Waals surface area contributed by atoms with Crippen molar-refractivity contribution in [3.05, 3.63) is 23.8 Å². The summed E-state index contributed by atoms with van der Waals surface area (Å²) >= 11 is 0. The van der Waals surface area contributed by atoms with Crippen LogP contribution in [0, 0.1) is 0 Å². The molecule has 8 heteroatoms. The average molecular weight is 368 g/mol. The first-order valence-electron chi connectivity index (χ1n) is 8.68. The lowest BCUT2D eigenvalue weighted by atomic mass is 10.1.